The van der Waals surface area contributed by atoms with Gasteiger partial charge in [0.15, 0.2) is 0 Å². The maximum absolute atomic E-state index is 12.9. The number of anilines is 1. The van der Waals surface area contributed by atoms with E-state index in [1.807, 2.05) is 0 Å². The van der Waals surface area contributed by atoms with Crippen LogP contribution in [0.15, 0.2) is 39.9 Å². The van der Waals surface area contributed by atoms with Crippen molar-refractivity contribution in [1.82, 2.24) is 14.1 Å². The third kappa shape index (κ3) is 4.00. The van der Waals surface area contributed by atoms with Gasteiger partial charge < -0.3 is 10.1 Å². The van der Waals surface area contributed by atoms with E-state index in [9.17, 15) is 19.2 Å². The number of aryl methyl sites for hydroxylation is 3. The second kappa shape index (κ2) is 8.32. The van der Waals surface area contributed by atoms with Crippen LogP contribution >= 0.6 is 0 Å². The molecule has 1 aromatic carbocycles. The molecule has 0 spiro atoms. The Morgan fingerprint density at radius 1 is 1.13 bits per heavy atom. The average Bonchev–Trinajstić information content (AvgIpc) is 2.69. The molecule has 0 radical (unpaired) electrons. The Morgan fingerprint density at radius 3 is 2.43 bits per heavy atom. The van der Waals surface area contributed by atoms with Crippen LogP contribution in [-0.4, -0.2) is 32.6 Å². The Labute approximate surface area is 171 Å². The van der Waals surface area contributed by atoms with E-state index < -0.39 is 29.7 Å². The predicted octanol–water partition coefficient (Wildman–Crippen LogP) is 1.53. The van der Waals surface area contributed by atoms with E-state index in [1.165, 1.54) is 23.7 Å². The van der Waals surface area contributed by atoms with Gasteiger partial charge in [0, 0.05) is 18.4 Å². The molecule has 9 nitrogen and oxygen atoms in total. The second-order valence-corrected chi connectivity index (χ2v) is 6.86. The fraction of sp³-hybridized carbons (Fsp3) is 0.286. The molecule has 0 unspecified atom stereocenters. The molecule has 1 amide bonds. The lowest BCUT2D eigenvalue weighted by Crippen LogP contribution is -2.42. The molecule has 0 fully saturated rings. The number of amides is 1. The van der Waals surface area contributed by atoms with Crippen LogP contribution < -0.4 is 16.6 Å². The first-order chi connectivity index (χ1) is 14.2. The zero-order valence-electron chi connectivity index (χ0n) is 17.2. The van der Waals surface area contributed by atoms with Crippen LogP contribution in [0.4, 0.5) is 5.69 Å². The number of aromatic nitrogens is 3. The fourth-order valence-corrected chi connectivity index (χ4v) is 3.21. The Balaban J connectivity index is 1.88. The normalized spacial score (nSPS) is 10.8. The molecule has 1 N–H and O–H groups in total. The SMILES string of the molecule is CCOC(=O)c1ccc(NC(=O)Cn2c(=O)c3c(C)cc(C)nc3n(C)c2=O)cc1. The molecule has 30 heavy (non-hydrogen) atoms. The molecule has 3 aromatic rings. The minimum absolute atomic E-state index is 0.265. The van der Waals surface area contributed by atoms with Crippen molar-refractivity contribution in [3.8, 4) is 0 Å². The monoisotopic (exact) mass is 410 g/mol. The molecule has 0 atom stereocenters. The predicted molar refractivity (Wildman–Crippen MR) is 112 cm³/mol. The first kappa shape index (κ1) is 21.0. The van der Waals surface area contributed by atoms with E-state index in [4.69, 9.17) is 4.74 Å². The molecule has 3 rings (SSSR count). The molecular weight excluding hydrogens is 388 g/mol. The van der Waals surface area contributed by atoms with Crippen LogP contribution in [0.25, 0.3) is 11.0 Å². The minimum atomic E-state index is -0.627. The van der Waals surface area contributed by atoms with Gasteiger partial charge in [0.25, 0.3) is 5.56 Å². The fourth-order valence-electron chi connectivity index (χ4n) is 3.21. The lowest BCUT2D eigenvalue weighted by molar-refractivity contribution is -0.116. The average molecular weight is 410 g/mol. The molecule has 2 aromatic heterocycles. The Morgan fingerprint density at radius 2 is 1.80 bits per heavy atom. The van der Waals surface area contributed by atoms with Crippen LogP contribution in [0.1, 0.15) is 28.5 Å². The first-order valence-corrected chi connectivity index (χ1v) is 9.37. The van der Waals surface area contributed by atoms with Gasteiger partial charge in [0.1, 0.15) is 12.2 Å². The van der Waals surface area contributed by atoms with Gasteiger partial charge in [-0.15, -0.1) is 0 Å². The maximum Gasteiger partial charge on any atom is 0.338 e. The summed E-state index contributed by atoms with van der Waals surface area (Å²) in [5, 5.41) is 2.92. The number of hydrogen-bond acceptors (Lipinski definition) is 6. The summed E-state index contributed by atoms with van der Waals surface area (Å²) in [4.78, 5) is 54.0. The number of carbonyl (C=O) groups excluding carboxylic acids is 2. The summed E-state index contributed by atoms with van der Waals surface area (Å²) < 4.78 is 7.06. The highest BCUT2D eigenvalue weighted by Gasteiger charge is 2.17. The second-order valence-electron chi connectivity index (χ2n) is 6.86. The molecule has 0 saturated heterocycles. The van der Waals surface area contributed by atoms with E-state index in [0.717, 1.165) is 4.57 Å². The van der Waals surface area contributed by atoms with Crippen molar-refractivity contribution in [2.45, 2.75) is 27.3 Å². The van der Waals surface area contributed by atoms with E-state index in [2.05, 4.69) is 10.3 Å². The zero-order valence-corrected chi connectivity index (χ0v) is 17.2. The molecule has 0 aliphatic heterocycles. The summed E-state index contributed by atoms with van der Waals surface area (Å²) in [5.74, 6) is -1.00. The number of nitrogens with one attached hydrogen (secondary N) is 1. The maximum atomic E-state index is 12.9. The summed E-state index contributed by atoms with van der Waals surface area (Å²) in [6.45, 7) is 5.07. The Hall–Kier alpha value is -3.75. The lowest BCUT2D eigenvalue weighted by atomic mass is 10.2. The van der Waals surface area contributed by atoms with Crippen molar-refractivity contribution in [3.63, 3.8) is 0 Å². The number of benzene rings is 1. The summed E-state index contributed by atoms with van der Waals surface area (Å²) >= 11 is 0. The van der Waals surface area contributed by atoms with Gasteiger partial charge in [-0.2, -0.15) is 0 Å². The summed E-state index contributed by atoms with van der Waals surface area (Å²) in [5.41, 5.74) is 1.25. The van der Waals surface area contributed by atoms with E-state index >= 15 is 0 Å². The Kier molecular flexibility index (Phi) is 5.81. The van der Waals surface area contributed by atoms with Gasteiger partial charge in [0.05, 0.1) is 17.6 Å². The molecule has 156 valence electrons. The lowest BCUT2D eigenvalue weighted by Gasteiger charge is -2.12. The molecule has 0 aliphatic rings. The van der Waals surface area contributed by atoms with Gasteiger partial charge >= 0.3 is 11.7 Å². The molecule has 0 bridgehead atoms. The Bertz CT molecular complexity index is 1260. The highest BCUT2D eigenvalue weighted by atomic mass is 16.5. The number of ether oxygens (including phenoxy) is 1. The largest absolute Gasteiger partial charge is 0.462 e. The van der Waals surface area contributed by atoms with Crippen molar-refractivity contribution < 1.29 is 14.3 Å². The highest BCUT2D eigenvalue weighted by Crippen LogP contribution is 2.13. The molecule has 2 heterocycles. The first-order valence-electron chi connectivity index (χ1n) is 9.37. The van der Waals surface area contributed by atoms with E-state index in [-0.39, 0.29) is 12.3 Å². The summed E-state index contributed by atoms with van der Waals surface area (Å²) in [6, 6.07) is 7.88. The van der Waals surface area contributed by atoms with Crippen LogP contribution in [0.5, 0.6) is 0 Å². The van der Waals surface area contributed by atoms with Crippen molar-refractivity contribution in [2.24, 2.45) is 7.05 Å². The van der Waals surface area contributed by atoms with Crippen LogP contribution in [-0.2, 0) is 23.1 Å². The molecule has 0 saturated carbocycles. The zero-order chi connectivity index (χ0) is 22.0. The van der Waals surface area contributed by atoms with Gasteiger partial charge in [-0.25, -0.2) is 14.6 Å². The number of esters is 1. The van der Waals surface area contributed by atoms with E-state index in [1.54, 1.807) is 39.0 Å². The van der Waals surface area contributed by atoms with Crippen molar-refractivity contribution >= 4 is 28.6 Å². The topological polar surface area (TPSA) is 112 Å². The number of hydrogen-bond donors (Lipinski definition) is 1. The van der Waals surface area contributed by atoms with Gasteiger partial charge in [-0.3, -0.25) is 18.7 Å². The molecule has 0 aliphatic carbocycles. The summed E-state index contributed by atoms with van der Waals surface area (Å²) in [6.07, 6.45) is 0. The quantitative estimate of drug-likeness (QED) is 0.639. The van der Waals surface area contributed by atoms with Crippen LogP contribution in [0, 0.1) is 13.8 Å². The summed E-state index contributed by atoms with van der Waals surface area (Å²) in [7, 11) is 1.51. The van der Waals surface area contributed by atoms with Crippen LogP contribution in [0.2, 0.25) is 0 Å². The van der Waals surface area contributed by atoms with Crippen LogP contribution in [0.3, 0.4) is 0 Å². The van der Waals surface area contributed by atoms with Gasteiger partial charge in [-0.05, 0) is 56.7 Å². The van der Waals surface area contributed by atoms with E-state index in [0.29, 0.717) is 27.9 Å². The number of pyridine rings is 1. The number of carbonyl (C=O) groups is 2. The standard InChI is InChI=1S/C21H22N4O5/c1-5-30-20(28)14-6-8-15(9-7-14)23-16(26)11-25-19(27)17-12(2)10-13(3)22-18(17)24(4)21(25)29/h6-10H,5,11H2,1-4H3,(H,23,26). The van der Waals surface area contributed by atoms with Crippen molar-refractivity contribution in [1.29, 1.82) is 0 Å². The minimum Gasteiger partial charge on any atom is -0.462 e. The third-order valence-corrected chi connectivity index (χ3v) is 4.60. The van der Waals surface area contributed by atoms with Crippen molar-refractivity contribution in [3.05, 3.63) is 68.0 Å². The number of fused-ring (bicyclic) bond motifs is 1. The number of rotatable bonds is 5. The molecule has 9 heteroatoms. The molecular formula is C21H22N4O5. The third-order valence-electron chi connectivity index (χ3n) is 4.60. The van der Waals surface area contributed by atoms with Gasteiger partial charge in [0.2, 0.25) is 5.91 Å². The van der Waals surface area contributed by atoms with Gasteiger partial charge in [-0.1, -0.05) is 0 Å². The van der Waals surface area contributed by atoms with Crippen molar-refractivity contribution in [2.75, 3.05) is 11.9 Å². The smallest absolute Gasteiger partial charge is 0.338 e. The highest BCUT2D eigenvalue weighted by molar-refractivity contribution is 5.93. The number of nitrogens with zero attached hydrogens (tertiary/aromatic N) is 3.